The molecule has 0 unspecified atom stereocenters. The molecule has 12 nitrogen and oxygen atoms in total. The van der Waals surface area contributed by atoms with Gasteiger partial charge in [0.25, 0.3) is 0 Å². The summed E-state index contributed by atoms with van der Waals surface area (Å²) in [7, 11) is 0. The highest BCUT2D eigenvalue weighted by molar-refractivity contribution is 6.12. The number of aromatic nitrogens is 2. The van der Waals surface area contributed by atoms with Crippen molar-refractivity contribution in [1.29, 1.82) is 0 Å². The Labute approximate surface area is 329 Å². The fourth-order valence-corrected chi connectivity index (χ4v) is 9.31. The number of fused-ring (bicyclic) bond motifs is 3. The maximum Gasteiger partial charge on any atom is 0.324 e. The minimum atomic E-state index is -1.67. The van der Waals surface area contributed by atoms with Gasteiger partial charge in [-0.25, -0.2) is 9.97 Å². The van der Waals surface area contributed by atoms with Gasteiger partial charge in [-0.1, -0.05) is 84.6 Å². The summed E-state index contributed by atoms with van der Waals surface area (Å²) in [6.45, 7) is 1.42. The molecule has 1 spiro atoms. The summed E-state index contributed by atoms with van der Waals surface area (Å²) in [5, 5.41) is 23.1. The Morgan fingerprint density at radius 1 is 0.825 bits per heavy atom. The molecular weight excluding hydrogens is 721 g/mol. The number of ether oxygens (including phenoxy) is 1. The summed E-state index contributed by atoms with van der Waals surface area (Å²) in [4.78, 5) is 60.6. The highest BCUT2D eigenvalue weighted by Gasteiger charge is 2.74. The molecule has 9 rings (SSSR count). The molecule has 12 heteroatoms. The number of carbonyl (C=O) groups is 3. The first-order valence-corrected chi connectivity index (χ1v) is 19.1. The van der Waals surface area contributed by atoms with Crippen LogP contribution in [-0.2, 0) is 24.5 Å². The molecule has 4 aliphatic rings. The average Bonchev–Trinajstić information content (AvgIpc) is 3.73. The number of phenols is 1. The van der Waals surface area contributed by atoms with Gasteiger partial charge in [-0.15, -0.1) is 0 Å². The van der Waals surface area contributed by atoms with Gasteiger partial charge < -0.3 is 30.1 Å². The van der Waals surface area contributed by atoms with Crippen LogP contribution in [0.2, 0.25) is 0 Å². The molecule has 0 radical (unpaired) electrons. The third-order valence-electron chi connectivity index (χ3n) is 11.7. The molecule has 3 fully saturated rings. The van der Waals surface area contributed by atoms with Crippen molar-refractivity contribution in [3.05, 3.63) is 149 Å². The number of morpholine rings is 1. The molecule has 0 aliphatic carbocycles. The number of phenolic OH excluding ortho intramolecular Hbond substituents is 1. The normalized spacial score (nSPS) is 25.2. The Balaban J connectivity index is 1.27. The summed E-state index contributed by atoms with van der Waals surface area (Å²) >= 11 is 0. The second-order valence-corrected chi connectivity index (χ2v) is 14.7. The van der Waals surface area contributed by atoms with Gasteiger partial charge in [0.15, 0.2) is 0 Å². The highest BCUT2D eigenvalue weighted by atomic mass is 16.6. The fourth-order valence-electron chi connectivity index (χ4n) is 9.31. The summed E-state index contributed by atoms with van der Waals surface area (Å²) in [6.07, 6.45) is 2.83. The molecule has 4 aromatic carbocycles. The number of nitrogens with zero attached hydrogens (tertiary/aromatic N) is 5. The first-order chi connectivity index (χ1) is 27.9. The van der Waals surface area contributed by atoms with Crippen LogP contribution >= 0.6 is 0 Å². The van der Waals surface area contributed by atoms with Gasteiger partial charge in [-0.2, -0.15) is 0 Å². The Morgan fingerprint density at radius 2 is 1.51 bits per heavy atom. The van der Waals surface area contributed by atoms with Crippen molar-refractivity contribution in [2.45, 2.75) is 36.1 Å². The molecule has 6 atom stereocenters. The van der Waals surface area contributed by atoms with Crippen molar-refractivity contribution in [3.63, 3.8) is 0 Å². The predicted molar refractivity (Wildman–Crippen MR) is 211 cm³/mol. The summed E-state index contributed by atoms with van der Waals surface area (Å²) in [5.41, 5.74) is 2.24. The van der Waals surface area contributed by atoms with Gasteiger partial charge in [-0.3, -0.25) is 19.3 Å². The second kappa shape index (κ2) is 14.8. The Hall–Kier alpha value is -6.55. The third kappa shape index (κ3) is 6.07. The van der Waals surface area contributed by atoms with E-state index in [4.69, 9.17) is 4.74 Å². The van der Waals surface area contributed by atoms with E-state index in [2.05, 4.69) is 27.1 Å². The third-order valence-corrected chi connectivity index (χ3v) is 11.7. The number of benzene rings is 4. The van der Waals surface area contributed by atoms with E-state index in [0.29, 0.717) is 54.5 Å². The lowest BCUT2D eigenvalue weighted by Crippen LogP contribution is -2.58. The summed E-state index contributed by atoms with van der Waals surface area (Å²) in [5.74, 6) is 4.09. The molecule has 4 aliphatic heterocycles. The second-order valence-electron chi connectivity index (χ2n) is 14.7. The van der Waals surface area contributed by atoms with Crippen LogP contribution < -0.4 is 10.2 Å². The maximum atomic E-state index is 15.6. The smallest absolute Gasteiger partial charge is 0.324 e. The van der Waals surface area contributed by atoms with Crippen LogP contribution in [0.4, 0.5) is 11.6 Å². The zero-order valence-corrected chi connectivity index (χ0v) is 30.9. The van der Waals surface area contributed by atoms with Crippen LogP contribution in [0, 0.1) is 17.8 Å². The van der Waals surface area contributed by atoms with Gasteiger partial charge in [0.05, 0.1) is 24.6 Å². The highest BCUT2D eigenvalue weighted by Crippen LogP contribution is 2.65. The lowest BCUT2D eigenvalue weighted by molar-refractivity contribution is -0.179. The fraction of sp³-hybridized carbons (Fsp3) is 0.267. The van der Waals surface area contributed by atoms with Crippen LogP contribution in [0.3, 0.4) is 0 Å². The van der Waals surface area contributed by atoms with E-state index in [-0.39, 0.29) is 24.7 Å². The SMILES string of the molecule is O=C1O[C@@H](c2ccccc2)[C@@H](c2ccccc2)N2[C@@H](c3ccc(O)cc3)[C@]3(C(=O)Nc4ccc(C#CCCO)cc43)[C@@H](C(=O)N3CCN(c4ncccn4)CC3)[C@H]12. The number of aliphatic hydroxyl groups is 1. The molecule has 2 amide bonds. The van der Waals surface area contributed by atoms with Crippen LogP contribution in [0.15, 0.2) is 122 Å². The van der Waals surface area contributed by atoms with Gasteiger partial charge in [0.1, 0.15) is 23.3 Å². The number of rotatable bonds is 6. The lowest BCUT2D eigenvalue weighted by atomic mass is 9.65. The lowest BCUT2D eigenvalue weighted by Gasteiger charge is -2.46. The van der Waals surface area contributed by atoms with E-state index in [1.54, 1.807) is 59.8 Å². The predicted octanol–water partition coefficient (Wildman–Crippen LogP) is 4.54. The van der Waals surface area contributed by atoms with Crippen LogP contribution in [0.25, 0.3) is 0 Å². The van der Waals surface area contributed by atoms with Gasteiger partial charge >= 0.3 is 5.97 Å². The van der Waals surface area contributed by atoms with Gasteiger partial charge in [0.2, 0.25) is 17.8 Å². The standard InChI is InChI=1S/C45H40N6O6/c52-27-8-7-10-29-15-20-35-34(28-29)45(43(56)48-35)36(41(54)49-23-25-50(26-24-49)44-46-21-9-22-47-44)38-42(55)57-39(31-13-5-2-6-14-31)37(30-11-3-1-4-12-30)51(38)40(45)32-16-18-33(53)19-17-32/h1-6,9,11-22,28,36-40,52-53H,8,23-27H2,(H,48,56)/t36-,37-,38-,39+,40+,45-/m1/s1. The van der Waals surface area contributed by atoms with E-state index >= 15 is 14.4 Å². The van der Waals surface area contributed by atoms with Crippen molar-refractivity contribution in [2.24, 2.45) is 5.92 Å². The van der Waals surface area contributed by atoms with Crippen molar-refractivity contribution in [2.75, 3.05) is 43.0 Å². The molecule has 0 bridgehead atoms. The van der Waals surface area contributed by atoms with Gasteiger partial charge in [-0.05, 0) is 58.7 Å². The molecule has 57 heavy (non-hydrogen) atoms. The van der Waals surface area contributed by atoms with E-state index in [9.17, 15) is 10.2 Å². The van der Waals surface area contributed by atoms with Crippen molar-refractivity contribution >= 4 is 29.4 Å². The number of aromatic hydroxyl groups is 1. The zero-order valence-electron chi connectivity index (χ0n) is 30.9. The Kier molecular flexibility index (Phi) is 9.40. The van der Waals surface area contributed by atoms with E-state index < -0.39 is 47.4 Å². The summed E-state index contributed by atoms with van der Waals surface area (Å²) in [6, 6.07) is 30.4. The van der Waals surface area contributed by atoms with Crippen LogP contribution in [0.5, 0.6) is 5.75 Å². The average molecular weight is 761 g/mol. The number of carbonyl (C=O) groups excluding carboxylic acids is 3. The number of hydrogen-bond acceptors (Lipinski definition) is 10. The maximum absolute atomic E-state index is 15.6. The molecule has 3 saturated heterocycles. The Morgan fingerprint density at radius 3 is 2.19 bits per heavy atom. The zero-order chi connectivity index (χ0) is 39.1. The first kappa shape index (κ1) is 36.1. The molecule has 3 N–H and O–H groups in total. The molecule has 5 aromatic rings. The molecule has 0 saturated carbocycles. The molecule has 1 aromatic heterocycles. The first-order valence-electron chi connectivity index (χ1n) is 19.1. The number of aliphatic hydroxyl groups excluding tert-OH is 1. The largest absolute Gasteiger partial charge is 0.508 e. The topological polar surface area (TPSA) is 148 Å². The molecular formula is C45H40N6O6. The molecule has 286 valence electrons. The van der Waals surface area contributed by atoms with Gasteiger partial charge in [0, 0.05) is 56.2 Å². The van der Waals surface area contributed by atoms with E-state index in [0.717, 1.165) is 11.1 Å². The number of cyclic esters (lactones) is 1. The number of piperazine rings is 1. The monoisotopic (exact) mass is 760 g/mol. The van der Waals surface area contributed by atoms with Crippen LogP contribution in [0.1, 0.15) is 52.4 Å². The minimum Gasteiger partial charge on any atom is -0.508 e. The number of nitrogens with one attached hydrogen (secondary N) is 1. The van der Waals surface area contributed by atoms with E-state index in [1.807, 2.05) is 76.5 Å². The van der Waals surface area contributed by atoms with Crippen LogP contribution in [-0.4, -0.2) is 86.6 Å². The molecule has 5 heterocycles. The van der Waals surface area contributed by atoms with Crippen molar-refractivity contribution in [1.82, 2.24) is 19.8 Å². The van der Waals surface area contributed by atoms with Crippen molar-refractivity contribution < 1.29 is 29.3 Å². The minimum absolute atomic E-state index is 0.0350. The number of amides is 2. The summed E-state index contributed by atoms with van der Waals surface area (Å²) < 4.78 is 6.52. The Bertz CT molecular complexity index is 2360. The van der Waals surface area contributed by atoms with Crippen molar-refractivity contribution in [3.8, 4) is 17.6 Å². The number of esters is 1. The number of anilines is 2. The number of hydrogen-bond donors (Lipinski definition) is 3. The van der Waals surface area contributed by atoms with E-state index in [1.165, 1.54) is 0 Å². The quantitative estimate of drug-likeness (QED) is 0.167.